The number of hydrogen-bond donors (Lipinski definition) is 0. The van der Waals surface area contributed by atoms with E-state index < -0.39 is 4.92 Å². The number of fused-ring (bicyclic) bond motifs is 1. The quantitative estimate of drug-likeness (QED) is 0.272. The molecule has 0 saturated heterocycles. The summed E-state index contributed by atoms with van der Waals surface area (Å²) in [5.41, 5.74) is 2.82. The Morgan fingerprint density at radius 2 is 1.70 bits per heavy atom. The van der Waals surface area contributed by atoms with Gasteiger partial charge in [-0.3, -0.25) is 14.9 Å². The van der Waals surface area contributed by atoms with Crippen molar-refractivity contribution < 1.29 is 9.72 Å². The lowest BCUT2D eigenvalue weighted by Gasteiger charge is -2.08. The van der Waals surface area contributed by atoms with Crippen LogP contribution in [0.15, 0.2) is 79.0 Å². The molecule has 132 valence electrons. The van der Waals surface area contributed by atoms with Crippen molar-refractivity contribution in [2.45, 2.75) is 0 Å². The van der Waals surface area contributed by atoms with Gasteiger partial charge in [0.2, 0.25) is 5.78 Å². The third-order valence-electron chi connectivity index (χ3n) is 4.38. The van der Waals surface area contributed by atoms with Crippen LogP contribution in [0.5, 0.6) is 0 Å². The Kier molecular flexibility index (Phi) is 4.22. The molecular formula is C21H13ClN2O3. The molecule has 5 nitrogen and oxygen atoms in total. The Hall–Kier alpha value is -3.44. The minimum absolute atomic E-state index is 0.104. The van der Waals surface area contributed by atoms with Gasteiger partial charge in [-0.05, 0) is 29.8 Å². The fraction of sp³-hybridized carbons (Fsp3) is 0. The van der Waals surface area contributed by atoms with Gasteiger partial charge >= 0.3 is 0 Å². The molecular weight excluding hydrogens is 364 g/mol. The van der Waals surface area contributed by atoms with Crippen LogP contribution >= 0.6 is 11.6 Å². The minimum Gasteiger partial charge on any atom is -0.313 e. The maximum Gasteiger partial charge on any atom is 0.270 e. The van der Waals surface area contributed by atoms with E-state index in [2.05, 4.69) is 0 Å². The standard InChI is InChI=1S/C21H13ClN2O3/c22-19-10-9-16(24(26)27)13-18(19)21(25)20-17(14-6-2-1-3-7-14)12-15-8-4-5-11-23(15)20/h1-13H. The molecule has 0 aliphatic rings. The first-order chi connectivity index (χ1) is 13.1. The molecule has 0 aliphatic carbocycles. The van der Waals surface area contributed by atoms with Crippen LogP contribution in [-0.2, 0) is 0 Å². The Balaban J connectivity index is 1.97. The Morgan fingerprint density at radius 3 is 2.44 bits per heavy atom. The molecule has 2 aromatic heterocycles. The van der Waals surface area contributed by atoms with Crippen LogP contribution < -0.4 is 0 Å². The maximum atomic E-state index is 13.4. The zero-order valence-corrected chi connectivity index (χ0v) is 14.8. The van der Waals surface area contributed by atoms with Gasteiger partial charge in [0.15, 0.2) is 0 Å². The van der Waals surface area contributed by atoms with E-state index in [1.54, 1.807) is 10.6 Å². The van der Waals surface area contributed by atoms with Crippen molar-refractivity contribution in [1.82, 2.24) is 4.40 Å². The fourth-order valence-corrected chi connectivity index (χ4v) is 3.32. The number of halogens is 1. The van der Waals surface area contributed by atoms with Gasteiger partial charge in [-0.1, -0.05) is 48.0 Å². The molecule has 2 aromatic carbocycles. The van der Waals surface area contributed by atoms with Gasteiger partial charge < -0.3 is 4.40 Å². The molecule has 27 heavy (non-hydrogen) atoms. The third-order valence-corrected chi connectivity index (χ3v) is 4.71. The minimum atomic E-state index is -0.540. The monoisotopic (exact) mass is 376 g/mol. The van der Waals surface area contributed by atoms with Gasteiger partial charge in [-0.2, -0.15) is 0 Å². The van der Waals surface area contributed by atoms with E-state index in [1.165, 1.54) is 18.2 Å². The number of benzene rings is 2. The highest BCUT2D eigenvalue weighted by atomic mass is 35.5. The maximum absolute atomic E-state index is 13.4. The van der Waals surface area contributed by atoms with Crippen LogP contribution in [0.3, 0.4) is 0 Å². The predicted molar refractivity (Wildman–Crippen MR) is 104 cm³/mol. The molecule has 0 N–H and O–H groups in total. The van der Waals surface area contributed by atoms with Gasteiger partial charge in [0.05, 0.1) is 9.95 Å². The molecule has 0 saturated carbocycles. The van der Waals surface area contributed by atoms with Crippen molar-refractivity contribution in [3.8, 4) is 11.1 Å². The van der Waals surface area contributed by atoms with Crippen LogP contribution in [0, 0.1) is 10.1 Å². The van der Waals surface area contributed by atoms with Crippen molar-refractivity contribution >= 4 is 28.6 Å². The van der Waals surface area contributed by atoms with Gasteiger partial charge in [-0.25, -0.2) is 0 Å². The molecule has 0 amide bonds. The summed E-state index contributed by atoms with van der Waals surface area (Å²) in [4.78, 5) is 24.0. The lowest BCUT2D eigenvalue weighted by atomic mass is 10.00. The van der Waals surface area contributed by atoms with Crippen molar-refractivity contribution in [1.29, 1.82) is 0 Å². The summed E-state index contributed by atoms with van der Waals surface area (Å²) >= 11 is 6.21. The molecule has 0 aliphatic heterocycles. The Labute approximate surface area is 159 Å². The highest BCUT2D eigenvalue weighted by molar-refractivity contribution is 6.35. The first-order valence-electron chi connectivity index (χ1n) is 8.20. The van der Waals surface area contributed by atoms with E-state index in [4.69, 9.17) is 11.6 Å². The fourth-order valence-electron chi connectivity index (χ4n) is 3.12. The molecule has 0 fully saturated rings. The second-order valence-electron chi connectivity index (χ2n) is 6.02. The molecule has 4 rings (SSSR count). The number of rotatable bonds is 4. The number of nitro benzene ring substituents is 1. The summed E-state index contributed by atoms with van der Waals surface area (Å²) in [6, 6.07) is 21.0. The van der Waals surface area contributed by atoms with Crippen LogP contribution in [0.1, 0.15) is 16.1 Å². The highest BCUT2D eigenvalue weighted by Crippen LogP contribution is 2.32. The zero-order chi connectivity index (χ0) is 19.0. The number of nitrogens with zero attached hydrogens (tertiary/aromatic N) is 2. The summed E-state index contributed by atoms with van der Waals surface area (Å²) in [6.45, 7) is 0. The smallest absolute Gasteiger partial charge is 0.270 e. The molecule has 0 unspecified atom stereocenters. The summed E-state index contributed by atoms with van der Waals surface area (Å²) in [5, 5.41) is 11.3. The molecule has 0 radical (unpaired) electrons. The predicted octanol–water partition coefficient (Wildman–Crippen LogP) is 5.40. The second-order valence-corrected chi connectivity index (χ2v) is 6.43. The van der Waals surface area contributed by atoms with Crippen molar-refractivity contribution in [3.63, 3.8) is 0 Å². The largest absolute Gasteiger partial charge is 0.313 e. The Morgan fingerprint density at radius 1 is 0.963 bits per heavy atom. The number of nitro groups is 1. The normalized spacial score (nSPS) is 10.9. The van der Waals surface area contributed by atoms with Crippen LogP contribution in [0.2, 0.25) is 5.02 Å². The number of aromatic nitrogens is 1. The average molecular weight is 377 g/mol. The molecule has 0 bridgehead atoms. The average Bonchev–Trinajstić information content (AvgIpc) is 3.08. The van der Waals surface area contributed by atoms with Crippen molar-refractivity contribution in [2.24, 2.45) is 0 Å². The summed E-state index contributed by atoms with van der Waals surface area (Å²) in [6.07, 6.45) is 1.79. The number of ketones is 1. The van der Waals surface area contributed by atoms with Gasteiger partial charge in [0, 0.05) is 35.0 Å². The number of non-ortho nitro benzene ring substituents is 1. The first kappa shape index (κ1) is 17.0. The van der Waals surface area contributed by atoms with Crippen molar-refractivity contribution in [2.75, 3.05) is 0 Å². The van der Waals surface area contributed by atoms with Gasteiger partial charge in [0.1, 0.15) is 5.69 Å². The number of pyridine rings is 1. The lowest BCUT2D eigenvalue weighted by Crippen LogP contribution is -2.08. The summed E-state index contributed by atoms with van der Waals surface area (Å²) in [7, 11) is 0. The van der Waals surface area contributed by atoms with Crippen LogP contribution in [0.4, 0.5) is 5.69 Å². The molecule has 4 aromatic rings. The molecule has 0 atom stereocenters. The number of hydrogen-bond acceptors (Lipinski definition) is 3. The molecule has 2 heterocycles. The van der Waals surface area contributed by atoms with Crippen LogP contribution in [0.25, 0.3) is 16.6 Å². The molecule has 0 spiro atoms. The summed E-state index contributed by atoms with van der Waals surface area (Å²) in [5.74, 6) is -0.367. The van der Waals surface area contributed by atoms with E-state index in [1.807, 2.05) is 54.6 Å². The SMILES string of the molecule is O=C(c1cc([N+](=O)[O-])ccc1Cl)c1c(-c2ccccc2)cc2ccccn12. The van der Waals surface area contributed by atoms with E-state index in [0.717, 1.165) is 16.6 Å². The van der Waals surface area contributed by atoms with E-state index in [-0.39, 0.29) is 22.1 Å². The topological polar surface area (TPSA) is 64.6 Å². The van der Waals surface area contributed by atoms with E-state index in [0.29, 0.717) is 5.69 Å². The lowest BCUT2D eigenvalue weighted by molar-refractivity contribution is -0.384. The highest BCUT2D eigenvalue weighted by Gasteiger charge is 2.23. The Bertz CT molecular complexity index is 1180. The van der Waals surface area contributed by atoms with Crippen molar-refractivity contribution in [3.05, 3.63) is 105 Å². The van der Waals surface area contributed by atoms with Gasteiger partial charge in [0.25, 0.3) is 5.69 Å². The first-order valence-corrected chi connectivity index (χ1v) is 8.58. The van der Waals surface area contributed by atoms with Crippen LogP contribution in [-0.4, -0.2) is 15.1 Å². The second kappa shape index (κ2) is 6.70. The molecule has 6 heteroatoms. The number of carbonyl (C=O) groups excluding carboxylic acids is 1. The zero-order valence-electron chi connectivity index (χ0n) is 14.0. The van der Waals surface area contributed by atoms with E-state index in [9.17, 15) is 14.9 Å². The third kappa shape index (κ3) is 2.98. The van der Waals surface area contributed by atoms with E-state index >= 15 is 0 Å². The number of carbonyl (C=O) groups is 1. The summed E-state index contributed by atoms with van der Waals surface area (Å²) < 4.78 is 1.78. The van der Waals surface area contributed by atoms with Gasteiger partial charge in [-0.15, -0.1) is 0 Å².